The zero-order chi connectivity index (χ0) is 17.4. The number of hydrogen-bond acceptors (Lipinski definition) is 4. The molecule has 0 aliphatic carbocycles. The topological polar surface area (TPSA) is 72.8 Å². The molecule has 2 rings (SSSR count). The average Bonchev–Trinajstić information content (AvgIpc) is 2.60. The van der Waals surface area contributed by atoms with E-state index in [-0.39, 0.29) is 0 Å². The maximum absolute atomic E-state index is 11.6. The van der Waals surface area contributed by atoms with Crippen molar-refractivity contribution in [1.29, 1.82) is 0 Å². The van der Waals surface area contributed by atoms with E-state index in [9.17, 15) is 9.90 Å². The number of nitrogens with zero attached hydrogens (tertiary/aromatic N) is 1. The van der Waals surface area contributed by atoms with Gasteiger partial charge < -0.3 is 10.0 Å². The first-order valence-corrected chi connectivity index (χ1v) is 7.61. The number of amides is 1. The summed E-state index contributed by atoms with van der Waals surface area (Å²) < 4.78 is 0. The molecule has 1 heterocycles. The molecule has 5 heteroatoms. The van der Waals surface area contributed by atoms with Crippen LogP contribution in [-0.2, 0) is 4.79 Å². The smallest absolute Gasteiger partial charge is 0.268 e. The monoisotopic (exact) mass is 324 g/mol. The van der Waals surface area contributed by atoms with Gasteiger partial charge in [-0.1, -0.05) is 36.1 Å². The number of hydroxylamine groups is 1. The highest BCUT2D eigenvalue weighted by Gasteiger charge is 2.28. The van der Waals surface area contributed by atoms with Gasteiger partial charge in [-0.05, 0) is 42.9 Å². The Kier molecular flexibility index (Phi) is 6.38. The molecule has 0 radical (unpaired) electrons. The highest BCUT2D eigenvalue weighted by atomic mass is 16.5. The molecule has 1 aliphatic heterocycles. The number of rotatable bonds is 4. The normalized spacial score (nSPS) is 16.1. The molecule has 5 nitrogen and oxygen atoms in total. The third-order valence-corrected chi connectivity index (χ3v) is 3.54. The van der Waals surface area contributed by atoms with Crippen molar-refractivity contribution in [3.05, 3.63) is 72.0 Å². The molecule has 1 aliphatic rings. The van der Waals surface area contributed by atoms with Crippen LogP contribution in [-0.4, -0.2) is 39.8 Å². The minimum absolute atomic E-state index is 0.450. The first kappa shape index (κ1) is 17.5. The minimum atomic E-state index is -0.913. The van der Waals surface area contributed by atoms with Crippen LogP contribution in [0.15, 0.2) is 66.4 Å². The van der Waals surface area contributed by atoms with Gasteiger partial charge in [-0.2, -0.15) is 0 Å². The van der Waals surface area contributed by atoms with Gasteiger partial charge in [0.15, 0.2) is 0 Å². The Hall–Kier alpha value is -2.81. The van der Waals surface area contributed by atoms with Crippen molar-refractivity contribution in [2.75, 3.05) is 6.54 Å². The Labute approximate surface area is 141 Å². The SMILES string of the molecule is C[C@@H](O)[C@@H](C(=O)NO)N1C=CC(/C=C/C#Cc2ccccc2)=CC1. The number of allylic oxidation sites excluding steroid dienone is 4. The Balaban J connectivity index is 1.96. The van der Waals surface area contributed by atoms with E-state index >= 15 is 0 Å². The zero-order valence-corrected chi connectivity index (χ0v) is 13.4. The number of hydrogen-bond donors (Lipinski definition) is 3. The van der Waals surface area contributed by atoms with Crippen LogP contribution in [0, 0.1) is 11.8 Å². The second-order valence-electron chi connectivity index (χ2n) is 5.35. The Morgan fingerprint density at radius 1 is 1.38 bits per heavy atom. The summed E-state index contributed by atoms with van der Waals surface area (Å²) in [5.74, 6) is 5.37. The highest BCUT2D eigenvalue weighted by Crippen LogP contribution is 2.14. The summed E-state index contributed by atoms with van der Waals surface area (Å²) in [5.41, 5.74) is 3.50. The minimum Gasteiger partial charge on any atom is -0.391 e. The molecule has 1 aromatic rings. The summed E-state index contributed by atoms with van der Waals surface area (Å²) in [4.78, 5) is 13.3. The molecule has 1 amide bonds. The molecule has 0 saturated carbocycles. The van der Waals surface area contributed by atoms with Crippen LogP contribution in [0.2, 0.25) is 0 Å². The van der Waals surface area contributed by atoms with Gasteiger partial charge in [0.2, 0.25) is 0 Å². The van der Waals surface area contributed by atoms with Crippen molar-refractivity contribution in [2.45, 2.75) is 19.1 Å². The fourth-order valence-electron chi connectivity index (χ4n) is 2.35. The van der Waals surface area contributed by atoms with Gasteiger partial charge in [-0.3, -0.25) is 10.0 Å². The van der Waals surface area contributed by atoms with Crippen LogP contribution in [0.3, 0.4) is 0 Å². The fraction of sp³-hybridized carbons (Fsp3) is 0.211. The number of nitrogens with one attached hydrogen (secondary N) is 1. The van der Waals surface area contributed by atoms with E-state index in [0.717, 1.165) is 11.1 Å². The molecule has 0 aromatic heterocycles. The van der Waals surface area contributed by atoms with Crippen LogP contribution in [0.1, 0.15) is 12.5 Å². The number of carbonyl (C=O) groups is 1. The fourth-order valence-corrected chi connectivity index (χ4v) is 2.35. The molecule has 0 spiro atoms. The van der Waals surface area contributed by atoms with Gasteiger partial charge in [0, 0.05) is 18.3 Å². The van der Waals surface area contributed by atoms with Crippen molar-refractivity contribution >= 4 is 5.91 Å². The van der Waals surface area contributed by atoms with E-state index < -0.39 is 18.1 Å². The number of aliphatic hydroxyl groups is 1. The van der Waals surface area contributed by atoms with Crippen LogP contribution in [0.4, 0.5) is 0 Å². The molecule has 24 heavy (non-hydrogen) atoms. The third-order valence-electron chi connectivity index (χ3n) is 3.54. The van der Waals surface area contributed by atoms with Crippen molar-refractivity contribution in [3.8, 4) is 11.8 Å². The summed E-state index contributed by atoms with van der Waals surface area (Å²) in [7, 11) is 0. The molecule has 0 unspecified atom stereocenters. The van der Waals surface area contributed by atoms with Crippen LogP contribution < -0.4 is 5.48 Å². The number of aliphatic hydroxyl groups excluding tert-OH is 1. The largest absolute Gasteiger partial charge is 0.391 e. The van der Waals surface area contributed by atoms with Crippen molar-refractivity contribution in [2.24, 2.45) is 0 Å². The highest BCUT2D eigenvalue weighted by molar-refractivity contribution is 5.81. The summed E-state index contributed by atoms with van der Waals surface area (Å²) in [5, 5.41) is 18.5. The third kappa shape index (κ3) is 4.85. The molecule has 0 saturated heterocycles. The summed E-state index contributed by atoms with van der Waals surface area (Å²) >= 11 is 0. The van der Waals surface area contributed by atoms with E-state index in [1.54, 1.807) is 22.7 Å². The second kappa shape index (κ2) is 8.73. The van der Waals surface area contributed by atoms with E-state index in [0.29, 0.717) is 6.54 Å². The first-order chi connectivity index (χ1) is 11.6. The predicted octanol–water partition coefficient (Wildman–Crippen LogP) is 1.60. The average molecular weight is 324 g/mol. The zero-order valence-electron chi connectivity index (χ0n) is 13.4. The van der Waals surface area contributed by atoms with Crippen LogP contribution >= 0.6 is 0 Å². The lowest BCUT2D eigenvalue weighted by Gasteiger charge is -2.31. The van der Waals surface area contributed by atoms with Gasteiger partial charge in [-0.25, -0.2) is 5.48 Å². The van der Waals surface area contributed by atoms with Gasteiger partial charge in [0.25, 0.3) is 5.91 Å². The summed E-state index contributed by atoms with van der Waals surface area (Å²) in [6.45, 7) is 1.96. The van der Waals surface area contributed by atoms with Crippen LogP contribution in [0.5, 0.6) is 0 Å². The quantitative estimate of drug-likeness (QED) is 0.447. The lowest BCUT2D eigenvalue weighted by atomic mass is 10.1. The second-order valence-corrected chi connectivity index (χ2v) is 5.35. The van der Waals surface area contributed by atoms with Gasteiger partial charge in [-0.15, -0.1) is 0 Å². The Bertz CT molecular complexity index is 709. The van der Waals surface area contributed by atoms with E-state index in [1.165, 1.54) is 6.92 Å². The van der Waals surface area contributed by atoms with Gasteiger partial charge in [0.05, 0.1) is 6.10 Å². The maximum Gasteiger partial charge on any atom is 0.268 e. The lowest BCUT2D eigenvalue weighted by molar-refractivity contribution is -0.137. The van der Waals surface area contributed by atoms with Crippen LogP contribution in [0.25, 0.3) is 0 Å². The molecule has 3 N–H and O–H groups in total. The van der Waals surface area contributed by atoms with Crippen molar-refractivity contribution in [3.63, 3.8) is 0 Å². The van der Waals surface area contributed by atoms with Gasteiger partial charge >= 0.3 is 0 Å². The number of carbonyl (C=O) groups excluding carboxylic acids is 1. The predicted molar refractivity (Wildman–Crippen MR) is 91.8 cm³/mol. The molecule has 0 fully saturated rings. The lowest BCUT2D eigenvalue weighted by Crippen LogP contribution is -2.50. The Morgan fingerprint density at radius 2 is 2.12 bits per heavy atom. The molecule has 1 aromatic carbocycles. The molecule has 124 valence electrons. The maximum atomic E-state index is 11.6. The number of benzene rings is 1. The first-order valence-electron chi connectivity index (χ1n) is 7.61. The van der Waals surface area contributed by atoms with Crippen molar-refractivity contribution < 1.29 is 15.1 Å². The Morgan fingerprint density at radius 3 is 2.71 bits per heavy atom. The molecule has 2 atom stereocenters. The molecular weight excluding hydrogens is 304 g/mol. The van der Waals surface area contributed by atoms with Gasteiger partial charge in [0.1, 0.15) is 6.04 Å². The standard InChI is InChI=1S/C19H20N2O3/c1-15(22)18(19(23)20-24)21-13-11-17(12-14-21)10-6-5-9-16-7-3-2-4-8-16/h2-4,6-8,10-13,15,18,22,24H,14H2,1H3,(H,20,23)/b10-6+/t15-,18+/m1/s1. The van der Waals surface area contributed by atoms with E-state index in [1.807, 2.05) is 48.6 Å². The summed E-state index contributed by atoms with van der Waals surface area (Å²) in [6, 6.07) is 8.88. The molecule has 0 bridgehead atoms. The van der Waals surface area contributed by atoms with Crippen molar-refractivity contribution in [1.82, 2.24) is 10.4 Å². The van der Waals surface area contributed by atoms with E-state index in [4.69, 9.17) is 5.21 Å². The molecular formula is C19H20N2O3. The van der Waals surface area contributed by atoms with E-state index in [2.05, 4.69) is 11.8 Å². The summed E-state index contributed by atoms with van der Waals surface area (Å²) in [6.07, 6.45) is 8.20.